The van der Waals surface area contributed by atoms with Crippen molar-refractivity contribution in [1.29, 1.82) is 0 Å². The molecule has 0 N–H and O–H groups in total. The highest BCUT2D eigenvalue weighted by Crippen LogP contribution is 2.17. The molecule has 0 bridgehead atoms. The second kappa shape index (κ2) is 6.06. The molecule has 0 radical (unpaired) electrons. The minimum atomic E-state index is 0.522. The molecule has 0 aliphatic heterocycles. The molecule has 0 spiro atoms. The summed E-state index contributed by atoms with van der Waals surface area (Å²) in [6.07, 6.45) is 0. The van der Waals surface area contributed by atoms with Gasteiger partial charge in [-0.05, 0) is 36.3 Å². The van der Waals surface area contributed by atoms with Gasteiger partial charge in [0.15, 0.2) is 0 Å². The van der Waals surface area contributed by atoms with Crippen molar-refractivity contribution in [3.05, 3.63) is 29.8 Å². The summed E-state index contributed by atoms with van der Waals surface area (Å²) in [6, 6.07) is 8.17. The van der Waals surface area contributed by atoms with E-state index in [1.165, 1.54) is 5.56 Å². The maximum Gasteiger partial charge on any atom is 0.119 e. The quantitative estimate of drug-likeness (QED) is 0.752. The Morgan fingerprint density at radius 3 is 2.60 bits per heavy atom. The van der Waals surface area contributed by atoms with Gasteiger partial charge in [-0.2, -0.15) is 12.6 Å². The molecule has 2 heteroatoms. The Morgan fingerprint density at radius 1 is 1.33 bits per heavy atom. The molecule has 1 nitrogen and oxygen atoms in total. The van der Waals surface area contributed by atoms with Gasteiger partial charge in [-0.15, -0.1) is 0 Å². The summed E-state index contributed by atoms with van der Waals surface area (Å²) >= 11 is 4.34. The largest absolute Gasteiger partial charge is 0.493 e. The van der Waals surface area contributed by atoms with E-state index >= 15 is 0 Å². The number of thiol groups is 1. The van der Waals surface area contributed by atoms with Gasteiger partial charge in [-0.3, -0.25) is 0 Å². The average molecular weight is 224 g/mol. The van der Waals surface area contributed by atoms with E-state index in [9.17, 15) is 0 Å². The molecule has 1 atom stereocenters. The molecule has 0 saturated heterocycles. The van der Waals surface area contributed by atoms with E-state index in [1.807, 2.05) is 12.1 Å². The second-order valence-corrected chi connectivity index (χ2v) is 4.68. The third-order valence-electron chi connectivity index (χ3n) is 2.63. The highest BCUT2D eigenvalue weighted by Gasteiger charge is 2.12. The third-order valence-corrected chi connectivity index (χ3v) is 3.10. The molecule has 0 aliphatic rings. The monoisotopic (exact) mass is 224 g/mol. The van der Waals surface area contributed by atoms with Crippen LogP contribution in [0.15, 0.2) is 24.3 Å². The number of ether oxygens (including phenoxy) is 1. The molecule has 15 heavy (non-hydrogen) atoms. The van der Waals surface area contributed by atoms with Gasteiger partial charge in [0.25, 0.3) is 0 Å². The van der Waals surface area contributed by atoms with Crippen molar-refractivity contribution >= 4 is 12.6 Å². The van der Waals surface area contributed by atoms with Gasteiger partial charge in [0.1, 0.15) is 5.75 Å². The SMILES string of the molecule is Cc1cccc(OCC(CS)C(C)C)c1. The van der Waals surface area contributed by atoms with Gasteiger partial charge in [-0.1, -0.05) is 26.0 Å². The summed E-state index contributed by atoms with van der Waals surface area (Å²) in [6.45, 7) is 7.25. The molecule has 0 fully saturated rings. The molecule has 0 aromatic heterocycles. The van der Waals surface area contributed by atoms with Crippen molar-refractivity contribution in [3.63, 3.8) is 0 Å². The lowest BCUT2D eigenvalue weighted by molar-refractivity contribution is 0.227. The van der Waals surface area contributed by atoms with E-state index in [-0.39, 0.29) is 0 Å². The van der Waals surface area contributed by atoms with Crippen LogP contribution in [0.4, 0.5) is 0 Å². The zero-order valence-electron chi connectivity index (χ0n) is 9.73. The fourth-order valence-corrected chi connectivity index (χ4v) is 1.89. The van der Waals surface area contributed by atoms with Crippen molar-refractivity contribution in [2.24, 2.45) is 11.8 Å². The minimum absolute atomic E-state index is 0.522. The summed E-state index contributed by atoms with van der Waals surface area (Å²) in [5, 5.41) is 0. The van der Waals surface area contributed by atoms with E-state index in [0.29, 0.717) is 11.8 Å². The molecular formula is C13H20OS. The first kappa shape index (κ1) is 12.4. The lowest BCUT2D eigenvalue weighted by Gasteiger charge is -2.19. The average Bonchev–Trinajstić information content (AvgIpc) is 2.18. The van der Waals surface area contributed by atoms with E-state index in [2.05, 4.69) is 45.5 Å². The standard InChI is InChI=1S/C13H20OS/c1-10(2)12(9-15)8-14-13-6-4-5-11(3)7-13/h4-7,10,12,15H,8-9H2,1-3H3. The molecule has 1 rings (SSSR count). The Labute approximate surface area is 98.3 Å². The Morgan fingerprint density at radius 2 is 2.07 bits per heavy atom. The Bertz CT molecular complexity index is 296. The predicted molar refractivity (Wildman–Crippen MR) is 68.9 cm³/mol. The van der Waals surface area contributed by atoms with Crippen LogP contribution < -0.4 is 4.74 Å². The van der Waals surface area contributed by atoms with Gasteiger partial charge < -0.3 is 4.74 Å². The van der Waals surface area contributed by atoms with Gasteiger partial charge in [0.05, 0.1) is 6.61 Å². The first-order valence-electron chi connectivity index (χ1n) is 5.43. The van der Waals surface area contributed by atoms with Crippen LogP contribution in [-0.2, 0) is 0 Å². The van der Waals surface area contributed by atoms with Crippen LogP contribution in [0.2, 0.25) is 0 Å². The summed E-state index contributed by atoms with van der Waals surface area (Å²) in [4.78, 5) is 0. The van der Waals surface area contributed by atoms with Crippen LogP contribution in [0.3, 0.4) is 0 Å². The number of hydrogen-bond acceptors (Lipinski definition) is 2. The van der Waals surface area contributed by atoms with Crippen molar-refractivity contribution in [2.75, 3.05) is 12.4 Å². The molecule has 1 aromatic carbocycles. The van der Waals surface area contributed by atoms with Gasteiger partial charge in [-0.25, -0.2) is 0 Å². The zero-order chi connectivity index (χ0) is 11.3. The normalized spacial score (nSPS) is 12.9. The third kappa shape index (κ3) is 4.17. The number of aryl methyl sites for hydroxylation is 1. The van der Waals surface area contributed by atoms with E-state index < -0.39 is 0 Å². The molecule has 0 saturated carbocycles. The fourth-order valence-electron chi connectivity index (χ4n) is 1.36. The molecule has 1 aromatic rings. The smallest absolute Gasteiger partial charge is 0.119 e. The first-order valence-corrected chi connectivity index (χ1v) is 6.07. The lowest BCUT2D eigenvalue weighted by Crippen LogP contribution is -2.19. The highest BCUT2D eigenvalue weighted by atomic mass is 32.1. The number of hydrogen-bond donors (Lipinski definition) is 1. The Balaban J connectivity index is 2.49. The van der Waals surface area contributed by atoms with Crippen LogP contribution in [0.5, 0.6) is 5.75 Å². The summed E-state index contributed by atoms with van der Waals surface area (Å²) in [5.41, 5.74) is 1.24. The molecule has 1 unspecified atom stereocenters. The van der Waals surface area contributed by atoms with E-state index in [4.69, 9.17) is 4.74 Å². The van der Waals surface area contributed by atoms with Crippen LogP contribution in [-0.4, -0.2) is 12.4 Å². The summed E-state index contributed by atoms with van der Waals surface area (Å²) in [5.74, 6) is 2.98. The molecule has 0 heterocycles. The summed E-state index contributed by atoms with van der Waals surface area (Å²) in [7, 11) is 0. The van der Waals surface area contributed by atoms with E-state index in [0.717, 1.165) is 18.1 Å². The number of rotatable bonds is 5. The van der Waals surface area contributed by atoms with Crippen molar-refractivity contribution in [2.45, 2.75) is 20.8 Å². The molecular weight excluding hydrogens is 204 g/mol. The fraction of sp³-hybridized carbons (Fsp3) is 0.538. The minimum Gasteiger partial charge on any atom is -0.493 e. The number of benzene rings is 1. The maximum absolute atomic E-state index is 5.75. The lowest BCUT2D eigenvalue weighted by atomic mass is 9.99. The molecule has 0 amide bonds. The Hall–Kier alpha value is -0.630. The van der Waals surface area contributed by atoms with Crippen LogP contribution in [0.25, 0.3) is 0 Å². The zero-order valence-corrected chi connectivity index (χ0v) is 10.6. The molecule has 84 valence electrons. The van der Waals surface area contributed by atoms with E-state index in [1.54, 1.807) is 0 Å². The maximum atomic E-state index is 5.75. The highest BCUT2D eigenvalue weighted by molar-refractivity contribution is 7.80. The second-order valence-electron chi connectivity index (χ2n) is 4.31. The topological polar surface area (TPSA) is 9.23 Å². The van der Waals surface area contributed by atoms with Crippen molar-refractivity contribution in [1.82, 2.24) is 0 Å². The van der Waals surface area contributed by atoms with Crippen LogP contribution >= 0.6 is 12.6 Å². The molecule has 0 aliphatic carbocycles. The van der Waals surface area contributed by atoms with Crippen molar-refractivity contribution in [3.8, 4) is 5.75 Å². The van der Waals surface area contributed by atoms with Gasteiger partial charge >= 0.3 is 0 Å². The van der Waals surface area contributed by atoms with Gasteiger partial charge in [0.2, 0.25) is 0 Å². The predicted octanol–water partition coefficient (Wildman–Crippen LogP) is 3.58. The van der Waals surface area contributed by atoms with Gasteiger partial charge in [0, 0.05) is 5.92 Å². The van der Waals surface area contributed by atoms with Crippen LogP contribution in [0.1, 0.15) is 19.4 Å². The van der Waals surface area contributed by atoms with Crippen LogP contribution in [0, 0.1) is 18.8 Å². The van der Waals surface area contributed by atoms with Crippen molar-refractivity contribution < 1.29 is 4.74 Å². The summed E-state index contributed by atoms with van der Waals surface area (Å²) < 4.78 is 5.75. The first-order chi connectivity index (χ1) is 7.13. The Kier molecular flexibility index (Phi) is 5.03.